The van der Waals surface area contributed by atoms with Gasteiger partial charge in [0, 0.05) is 12.0 Å². The van der Waals surface area contributed by atoms with Crippen LogP contribution in [0.15, 0.2) is 33.9 Å². The monoisotopic (exact) mass is 319 g/mol. The molecule has 3 rings (SSSR count). The number of aryl methyl sites for hydroxylation is 1. The van der Waals surface area contributed by atoms with Crippen LogP contribution in [0.1, 0.15) is 25.1 Å². The van der Waals surface area contributed by atoms with Gasteiger partial charge in [-0.25, -0.2) is 9.37 Å². The van der Waals surface area contributed by atoms with Crippen molar-refractivity contribution in [2.24, 2.45) is 0 Å². The fourth-order valence-electron chi connectivity index (χ4n) is 1.85. The van der Waals surface area contributed by atoms with Crippen molar-refractivity contribution < 1.29 is 8.91 Å². The second-order valence-corrected chi connectivity index (χ2v) is 5.56. The molecule has 2 aromatic heterocycles. The van der Waals surface area contributed by atoms with E-state index in [1.165, 1.54) is 23.9 Å². The molecule has 3 aromatic rings. The first kappa shape index (κ1) is 14.7. The summed E-state index contributed by atoms with van der Waals surface area (Å²) in [6, 6.07) is 5.96. The maximum Gasteiger partial charge on any atom is 0.237 e. The lowest BCUT2D eigenvalue weighted by Gasteiger charge is -1.92. The van der Waals surface area contributed by atoms with Crippen molar-refractivity contribution in [1.29, 1.82) is 0 Å². The Balaban J connectivity index is 1.62. The van der Waals surface area contributed by atoms with Crippen LogP contribution in [0.25, 0.3) is 11.4 Å². The highest BCUT2D eigenvalue weighted by atomic mass is 32.2. The van der Waals surface area contributed by atoms with Crippen LogP contribution >= 0.6 is 11.8 Å². The number of nitrogens with one attached hydrogen (secondary N) is 1. The minimum absolute atomic E-state index is 0.296. The maximum absolute atomic E-state index is 12.9. The van der Waals surface area contributed by atoms with E-state index in [1.54, 1.807) is 12.1 Å². The van der Waals surface area contributed by atoms with E-state index >= 15 is 0 Å². The number of rotatable bonds is 6. The normalized spacial score (nSPS) is 11.0. The van der Waals surface area contributed by atoms with E-state index in [-0.39, 0.29) is 5.82 Å². The van der Waals surface area contributed by atoms with Crippen LogP contribution in [0.4, 0.5) is 4.39 Å². The zero-order valence-corrected chi connectivity index (χ0v) is 12.7. The largest absolute Gasteiger partial charge is 0.338 e. The molecule has 0 aliphatic heterocycles. The Hall–Kier alpha value is -2.22. The highest BCUT2D eigenvalue weighted by Crippen LogP contribution is 2.21. The average molecular weight is 319 g/mol. The predicted molar refractivity (Wildman–Crippen MR) is 79.6 cm³/mol. The Morgan fingerprint density at radius 1 is 1.23 bits per heavy atom. The highest BCUT2D eigenvalue weighted by Gasteiger charge is 2.11. The molecule has 8 heteroatoms. The molecule has 114 valence electrons. The number of H-pyrrole nitrogens is 1. The molecular formula is C14H14FN5OS. The number of aromatic amines is 1. The fraction of sp³-hybridized carbons (Fsp3) is 0.286. The van der Waals surface area contributed by atoms with Crippen molar-refractivity contribution in [3.63, 3.8) is 0 Å². The minimum Gasteiger partial charge on any atom is -0.338 e. The van der Waals surface area contributed by atoms with Crippen molar-refractivity contribution in [3.05, 3.63) is 41.8 Å². The quantitative estimate of drug-likeness (QED) is 0.703. The maximum atomic E-state index is 12.9. The molecule has 0 aliphatic carbocycles. The molecule has 0 unspecified atom stereocenters. The summed E-state index contributed by atoms with van der Waals surface area (Å²) in [5.41, 5.74) is 0.713. The summed E-state index contributed by atoms with van der Waals surface area (Å²) < 4.78 is 18.1. The van der Waals surface area contributed by atoms with E-state index in [0.29, 0.717) is 28.2 Å². The van der Waals surface area contributed by atoms with E-state index in [4.69, 9.17) is 4.52 Å². The van der Waals surface area contributed by atoms with Gasteiger partial charge in [0.1, 0.15) is 11.6 Å². The first-order valence-corrected chi connectivity index (χ1v) is 7.85. The topological polar surface area (TPSA) is 80.5 Å². The third kappa shape index (κ3) is 3.51. The number of aromatic nitrogens is 5. The first-order valence-electron chi connectivity index (χ1n) is 6.87. The summed E-state index contributed by atoms with van der Waals surface area (Å²) in [5, 5.41) is 11.6. The Kier molecular flexibility index (Phi) is 4.47. The zero-order chi connectivity index (χ0) is 15.4. The number of nitrogens with zero attached hydrogens (tertiary/aromatic N) is 4. The number of hydrogen-bond acceptors (Lipinski definition) is 6. The molecule has 0 spiro atoms. The van der Waals surface area contributed by atoms with Gasteiger partial charge in [-0.3, -0.25) is 5.10 Å². The van der Waals surface area contributed by atoms with Crippen molar-refractivity contribution >= 4 is 11.8 Å². The molecule has 0 saturated heterocycles. The lowest BCUT2D eigenvalue weighted by atomic mass is 10.2. The molecule has 0 saturated carbocycles. The summed E-state index contributed by atoms with van der Waals surface area (Å²) in [7, 11) is 0. The smallest absolute Gasteiger partial charge is 0.237 e. The number of hydrogen-bond donors (Lipinski definition) is 1. The molecule has 22 heavy (non-hydrogen) atoms. The van der Waals surface area contributed by atoms with E-state index < -0.39 is 0 Å². The summed E-state index contributed by atoms with van der Waals surface area (Å²) in [6.45, 7) is 2.09. The van der Waals surface area contributed by atoms with Gasteiger partial charge in [-0.05, 0) is 30.7 Å². The van der Waals surface area contributed by atoms with Gasteiger partial charge in [-0.2, -0.15) is 4.98 Å². The summed E-state index contributed by atoms with van der Waals surface area (Å²) in [5.74, 6) is 1.99. The number of halogens is 1. The summed E-state index contributed by atoms with van der Waals surface area (Å²) in [4.78, 5) is 8.64. The van der Waals surface area contributed by atoms with Crippen LogP contribution in [0, 0.1) is 5.82 Å². The number of benzene rings is 1. The van der Waals surface area contributed by atoms with E-state index in [0.717, 1.165) is 18.7 Å². The van der Waals surface area contributed by atoms with Crippen LogP contribution in [-0.4, -0.2) is 25.3 Å². The van der Waals surface area contributed by atoms with Crippen LogP contribution in [0.3, 0.4) is 0 Å². The molecule has 0 atom stereocenters. The third-order valence-electron chi connectivity index (χ3n) is 2.89. The molecule has 6 nitrogen and oxygen atoms in total. The van der Waals surface area contributed by atoms with Crippen molar-refractivity contribution in [1.82, 2.24) is 25.3 Å². The predicted octanol–water partition coefficient (Wildman–Crippen LogP) is 3.24. The first-order chi connectivity index (χ1) is 10.7. The second kappa shape index (κ2) is 6.69. The van der Waals surface area contributed by atoms with Crippen LogP contribution in [0.5, 0.6) is 0 Å². The Labute approximate surface area is 130 Å². The molecule has 0 radical (unpaired) electrons. The van der Waals surface area contributed by atoms with Crippen molar-refractivity contribution in [2.45, 2.75) is 30.7 Å². The van der Waals surface area contributed by atoms with Gasteiger partial charge in [0.15, 0.2) is 0 Å². The van der Waals surface area contributed by atoms with E-state index in [2.05, 4.69) is 32.2 Å². The van der Waals surface area contributed by atoms with E-state index in [1.807, 2.05) is 0 Å². The van der Waals surface area contributed by atoms with Crippen LogP contribution in [0.2, 0.25) is 0 Å². The second-order valence-electron chi connectivity index (χ2n) is 4.62. The van der Waals surface area contributed by atoms with Crippen molar-refractivity contribution in [3.8, 4) is 11.4 Å². The SMILES string of the molecule is CCCc1nc(SCc2nc(-c3ccc(F)cc3)no2)n[nH]1. The Bertz CT molecular complexity index is 740. The molecule has 0 amide bonds. The molecule has 1 aromatic carbocycles. The summed E-state index contributed by atoms with van der Waals surface area (Å²) in [6.07, 6.45) is 1.90. The summed E-state index contributed by atoms with van der Waals surface area (Å²) >= 11 is 1.42. The Morgan fingerprint density at radius 2 is 2.05 bits per heavy atom. The number of thioether (sulfide) groups is 1. The average Bonchev–Trinajstić information content (AvgIpc) is 3.16. The Morgan fingerprint density at radius 3 is 2.82 bits per heavy atom. The molecule has 0 fully saturated rings. The molecule has 0 aliphatic rings. The van der Waals surface area contributed by atoms with Crippen LogP contribution in [-0.2, 0) is 12.2 Å². The van der Waals surface area contributed by atoms with Gasteiger partial charge in [-0.1, -0.05) is 23.8 Å². The lowest BCUT2D eigenvalue weighted by Crippen LogP contribution is -1.85. The highest BCUT2D eigenvalue weighted by molar-refractivity contribution is 7.98. The minimum atomic E-state index is -0.296. The van der Waals surface area contributed by atoms with Gasteiger partial charge in [0.25, 0.3) is 0 Å². The molecular weight excluding hydrogens is 305 g/mol. The molecule has 1 N–H and O–H groups in total. The zero-order valence-electron chi connectivity index (χ0n) is 11.9. The van der Waals surface area contributed by atoms with Crippen molar-refractivity contribution in [2.75, 3.05) is 0 Å². The van der Waals surface area contributed by atoms with Gasteiger partial charge < -0.3 is 4.52 Å². The molecule has 0 bridgehead atoms. The van der Waals surface area contributed by atoms with Gasteiger partial charge >= 0.3 is 0 Å². The van der Waals surface area contributed by atoms with Gasteiger partial charge in [0.05, 0.1) is 5.75 Å². The van der Waals surface area contributed by atoms with E-state index in [9.17, 15) is 4.39 Å². The van der Waals surface area contributed by atoms with Gasteiger partial charge in [0.2, 0.25) is 16.9 Å². The standard InChI is InChI=1S/C14H14FN5OS/c1-2-3-11-16-14(19-18-11)22-8-12-17-13(20-21-12)9-4-6-10(15)7-5-9/h4-7H,2-3,8H2,1H3,(H,16,18,19). The van der Waals surface area contributed by atoms with Gasteiger partial charge in [-0.15, -0.1) is 5.10 Å². The third-order valence-corrected chi connectivity index (χ3v) is 3.73. The molecule has 2 heterocycles. The van der Waals surface area contributed by atoms with Crippen LogP contribution < -0.4 is 0 Å². The fourth-order valence-corrected chi connectivity index (χ4v) is 2.50. The lowest BCUT2D eigenvalue weighted by molar-refractivity contribution is 0.391.